The Morgan fingerprint density at radius 3 is 2.69 bits per heavy atom. The van der Waals surface area contributed by atoms with Gasteiger partial charge in [0.15, 0.2) is 0 Å². The van der Waals surface area contributed by atoms with E-state index in [1.807, 2.05) is 30.5 Å². The summed E-state index contributed by atoms with van der Waals surface area (Å²) in [6.07, 6.45) is 2.58. The largest absolute Gasteiger partial charge is 0.433 e. The maximum atomic E-state index is 12.7. The lowest BCUT2D eigenvalue weighted by Crippen LogP contribution is -2.14. The molecular weight excluding hydrogens is 339 g/mol. The molecule has 6 heteroatoms. The Labute approximate surface area is 148 Å². The van der Waals surface area contributed by atoms with Crippen molar-refractivity contribution in [3.63, 3.8) is 0 Å². The summed E-state index contributed by atoms with van der Waals surface area (Å²) in [4.78, 5) is 11.4. The van der Waals surface area contributed by atoms with Crippen LogP contribution in [0.15, 0.2) is 59.4 Å². The fourth-order valence-corrected chi connectivity index (χ4v) is 3.20. The average molecular weight is 355 g/mol. The topological polar surface area (TPSA) is 41.0 Å². The molecule has 0 aliphatic carbocycles. The molecule has 0 bridgehead atoms. The summed E-state index contributed by atoms with van der Waals surface area (Å²) in [6, 6.07) is 10.5. The van der Waals surface area contributed by atoms with Gasteiger partial charge in [0.05, 0.1) is 5.71 Å². The Morgan fingerprint density at radius 2 is 1.92 bits per heavy atom. The van der Waals surface area contributed by atoms with Gasteiger partial charge in [0.2, 0.25) is 0 Å². The van der Waals surface area contributed by atoms with Gasteiger partial charge in [0, 0.05) is 41.0 Å². The molecule has 0 saturated carbocycles. The monoisotopic (exact) mass is 355 g/mol. The standard InChI is InChI=1S/C20H16F3N3/c21-20(22,23)18-8-7-14(11-26-18)19-13(4-3-9-24-19)10-15-12-25-17-6-2-1-5-16(15)17/h1-2,5-8,10-12,25H,3-4,9H2. The Kier molecular flexibility index (Phi) is 4.11. The first-order valence-corrected chi connectivity index (χ1v) is 8.37. The van der Waals surface area contributed by atoms with E-state index in [0.717, 1.165) is 46.7 Å². The van der Waals surface area contributed by atoms with Crippen LogP contribution in [0.5, 0.6) is 0 Å². The number of aliphatic imine (C=N–C) groups is 1. The highest BCUT2D eigenvalue weighted by Crippen LogP contribution is 2.29. The highest BCUT2D eigenvalue weighted by Gasteiger charge is 2.32. The van der Waals surface area contributed by atoms with E-state index in [1.54, 1.807) is 0 Å². The van der Waals surface area contributed by atoms with E-state index < -0.39 is 11.9 Å². The van der Waals surface area contributed by atoms with Gasteiger partial charge < -0.3 is 4.98 Å². The number of aromatic amines is 1. The number of H-pyrrole nitrogens is 1. The number of fused-ring (bicyclic) bond motifs is 1. The molecule has 0 saturated heterocycles. The summed E-state index contributed by atoms with van der Waals surface area (Å²) in [5.41, 5.74) is 3.56. The second-order valence-electron chi connectivity index (χ2n) is 6.22. The van der Waals surface area contributed by atoms with Crippen LogP contribution >= 0.6 is 0 Å². The summed E-state index contributed by atoms with van der Waals surface area (Å²) in [5, 5.41) is 1.11. The number of pyridine rings is 1. The van der Waals surface area contributed by atoms with Crippen molar-refractivity contribution in [3.05, 3.63) is 71.2 Å². The maximum absolute atomic E-state index is 12.7. The molecule has 4 rings (SSSR count). The zero-order valence-electron chi connectivity index (χ0n) is 13.8. The molecule has 0 amide bonds. The number of para-hydroxylation sites is 1. The van der Waals surface area contributed by atoms with Crippen LogP contribution in [0.25, 0.3) is 17.0 Å². The second-order valence-corrected chi connectivity index (χ2v) is 6.22. The number of nitrogens with one attached hydrogen (secondary N) is 1. The highest BCUT2D eigenvalue weighted by molar-refractivity contribution is 6.15. The molecule has 0 unspecified atom stereocenters. The quantitative estimate of drug-likeness (QED) is 0.670. The molecule has 3 aromatic rings. The third-order valence-electron chi connectivity index (χ3n) is 4.46. The van der Waals surface area contributed by atoms with E-state index >= 15 is 0 Å². The van der Waals surface area contributed by atoms with Gasteiger partial charge in [-0.3, -0.25) is 9.98 Å². The molecule has 132 valence electrons. The van der Waals surface area contributed by atoms with Crippen LogP contribution in [0.1, 0.15) is 29.7 Å². The SMILES string of the molecule is FC(F)(F)c1ccc(C2=NCCCC2=Cc2c[nH]c3ccccc23)cn1. The van der Waals surface area contributed by atoms with Crippen LogP contribution in [0.2, 0.25) is 0 Å². The number of hydrogen-bond acceptors (Lipinski definition) is 2. The van der Waals surface area contributed by atoms with Gasteiger partial charge in [-0.15, -0.1) is 0 Å². The molecule has 26 heavy (non-hydrogen) atoms. The number of aromatic nitrogens is 2. The van der Waals surface area contributed by atoms with Gasteiger partial charge in [-0.2, -0.15) is 13.2 Å². The molecule has 1 aromatic carbocycles. The molecule has 3 heterocycles. The normalized spacial score (nSPS) is 16.9. The lowest BCUT2D eigenvalue weighted by Gasteiger charge is -2.16. The van der Waals surface area contributed by atoms with Gasteiger partial charge >= 0.3 is 6.18 Å². The van der Waals surface area contributed by atoms with Crippen molar-refractivity contribution in [3.8, 4) is 0 Å². The lowest BCUT2D eigenvalue weighted by atomic mass is 9.94. The van der Waals surface area contributed by atoms with Crippen molar-refractivity contribution in [2.24, 2.45) is 4.99 Å². The van der Waals surface area contributed by atoms with Crippen LogP contribution in [-0.4, -0.2) is 22.2 Å². The first-order chi connectivity index (χ1) is 12.5. The van der Waals surface area contributed by atoms with E-state index in [0.29, 0.717) is 12.1 Å². The number of allylic oxidation sites excluding steroid dienone is 1. The van der Waals surface area contributed by atoms with Crippen molar-refractivity contribution in [1.82, 2.24) is 9.97 Å². The van der Waals surface area contributed by atoms with E-state index in [4.69, 9.17) is 0 Å². The van der Waals surface area contributed by atoms with E-state index in [-0.39, 0.29) is 0 Å². The fourth-order valence-electron chi connectivity index (χ4n) is 3.20. The summed E-state index contributed by atoms with van der Waals surface area (Å²) in [7, 11) is 0. The molecule has 1 aliphatic rings. The number of alkyl halides is 3. The Bertz CT molecular complexity index is 995. The zero-order valence-corrected chi connectivity index (χ0v) is 13.8. The number of halogens is 3. The second kappa shape index (κ2) is 6.44. The minimum atomic E-state index is -4.43. The van der Waals surface area contributed by atoms with Crippen molar-refractivity contribution < 1.29 is 13.2 Å². The van der Waals surface area contributed by atoms with Crippen molar-refractivity contribution >= 4 is 22.7 Å². The third-order valence-corrected chi connectivity index (χ3v) is 4.46. The summed E-state index contributed by atoms with van der Waals surface area (Å²) < 4.78 is 38.2. The van der Waals surface area contributed by atoms with Crippen molar-refractivity contribution in [1.29, 1.82) is 0 Å². The number of hydrogen-bond donors (Lipinski definition) is 1. The van der Waals surface area contributed by atoms with Crippen molar-refractivity contribution in [2.75, 3.05) is 6.54 Å². The Hall–Kier alpha value is -2.89. The molecule has 2 aromatic heterocycles. The van der Waals surface area contributed by atoms with Crippen molar-refractivity contribution in [2.45, 2.75) is 19.0 Å². The first kappa shape index (κ1) is 16.6. The van der Waals surface area contributed by atoms with Gasteiger partial charge in [0.25, 0.3) is 0 Å². The minimum Gasteiger partial charge on any atom is -0.361 e. The zero-order chi connectivity index (χ0) is 18.1. The minimum absolute atomic E-state index is 0.615. The fraction of sp³-hybridized carbons (Fsp3) is 0.200. The maximum Gasteiger partial charge on any atom is 0.433 e. The predicted octanol–water partition coefficient (Wildman–Crippen LogP) is 5.25. The summed E-state index contributed by atoms with van der Waals surface area (Å²) in [6.45, 7) is 0.668. The summed E-state index contributed by atoms with van der Waals surface area (Å²) in [5.74, 6) is 0. The first-order valence-electron chi connectivity index (χ1n) is 8.37. The van der Waals surface area contributed by atoms with Gasteiger partial charge in [-0.1, -0.05) is 18.2 Å². The Balaban J connectivity index is 1.72. The van der Waals surface area contributed by atoms with Gasteiger partial charge in [0.1, 0.15) is 5.69 Å². The summed E-state index contributed by atoms with van der Waals surface area (Å²) >= 11 is 0. The van der Waals surface area contributed by atoms with Crippen LogP contribution in [-0.2, 0) is 6.18 Å². The molecule has 0 atom stereocenters. The third kappa shape index (κ3) is 3.14. The molecule has 0 fully saturated rings. The van der Waals surface area contributed by atoms with E-state index in [2.05, 4.69) is 21.0 Å². The molecular formula is C20H16F3N3. The van der Waals surface area contributed by atoms with Gasteiger partial charge in [-0.05, 0) is 42.7 Å². The highest BCUT2D eigenvalue weighted by atomic mass is 19.4. The van der Waals surface area contributed by atoms with Crippen LogP contribution in [0, 0.1) is 0 Å². The van der Waals surface area contributed by atoms with Crippen LogP contribution < -0.4 is 0 Å². The molecule has 1 N–H and O–H groups in total. The van der Waals surface area contributed by atoms with E-state index in [9.17, 15) is 13.2 Å². The van der Waals surface area contributed by atoms with Gasteiger partial charge in [-0.25, -0.2) is 0 Å². The lowest BCUT2D eigenvalue weighted by molar-refractivity contribution is -0.141. The molecule has 0 radical (unpaired) electrons. The van der Waals surface area contributed by atoms with E-state index in [1.165, 1.54) is 12.3 Å². The molecule has 3 nitrogen and oxygen atoms in total. The van der Waals surface area contributed by atoms with Crippen LogP contribution in [0.4, 0.5) is 13.2 Å². The number of benzene rings is 1. The number of nitrogens with zero attached hydrogens (tertiary/aromatic N) is 2. The average Bonchev–Trinajstić information content (AvgIpc) is 3.05. The number of rotatable bonds is 2. The Morgan fingerprint density at radius 1 is 1.08 bits per heavy atom. The van der Waals surface area contributed by atoms with Crippen LogP contribution in [0.3, 0.4) is 0 Å². The smallest absolute Gasteiger partial charge is 0.361 e. The predicted molar refractivity (Wildman–Crippen MR) is 96.2 cm³/mol. The molecule has 1 aliphatic heterocycles. The molecule has 0 spiro atoms.